The summed E-state index contributed by atoms with van der Waals surface area (Å²) in [6, 6.07) is 3.55. The van der Waals surface area contributed by atoms with E-state index in [-0.39, 0.29) is 36.1 Å². The first kappa shape index (κ1) is 18.1. The molecule has 0 radical (unpaired) electrons. The highest BCUT2D eigenvalue weighted by Crippen LogP contribution is 2.23. The summed E-state index contributed by atoms with van der Waals surface area (Å²) in [4.78, 5) is 26.1. The molecule has 7 nitrogen and oxygen atoms in total. The number of piperazine rings is 1. The molecule has 1 aliphatic rings. The van der Waals surface area contributed by atoms with Crippen molar-refractivity contribution >= 4 is 17.3 Å². The molecule has 0 aliphatic carbocycles. The van der Waals surface area contributed by atoms with Gasteiger partial charge in [-0.2, -0.15) is 0 Å². The van der Waals surface area contributed by atoms with Gasteiger partial charge >= 0.3 is 0 Å². The van der Waals surface area contributed by atoms with Crippen LogP contribution in [0.1, 0.15) is 23.7 Å². The van der Waals surface area contributed by atoms with E-state index in [9.17, 15) is 23.7 Å². The van der Waals surface area contributed by atoms with E-state index < -0.39 is 17.3 Å². The van der Waals surface area contributed by atoms with Crippen molar-refractivity contribution in [1.82, 2.24) is 9.80 Å². The van der Waals surface area contributed by atoms with Gasteiger partial charge in [0, 0.05) is 43.5 Å². The Labute approximate surface area is 138 Å². The lowest BCUT2D eigenvalue weighted by atomic mass is 10.1. The van der Waals surface area contributed by atoms with Gasteiger partial charge in [-0.1, -0.05) is 6.92 Å². The fourth-order valence-electron chi connectivity index (χ4n) is 2.90. The molecule has 0 aromatic heterocycles. The number of nitrogens with zero attached hydrogens (tertiary/aromatic N) is 3. The summed E-state index contributed by atoms with van der Waals surface area (Å²) in [6.07, 6.45) is -1.80. The summed E-state index contributed by atoms with van der Waals surface area (Å²) in [7, 11) is 0. The SMILES string of the molecule is CCC1CN(C(=O)c2cc([N+](=O)[O-])ccc2N)CCN1CC(F)F. The smallest absolute Gasteiger partial charge is 0.270 e. The number of alkyl halides is 2. The van der Waals surface area contributed by atoms with Crippen LogP contribution in [-0.4, -0.2) is 59.3 Å². The number of nitro benzene ring substituents is 1. The van der Waals surface area contributed by atoms with Crippen LogP contribution in [-0.2, 0) is 0 Å². The number of halogens is 2. The first-order valence-electron chi connectivity index (χ1n) is 7.68. The van der Waals surface area contributed by atoms with Crippen molar-refractivity contribution in [3.05, 3.63) is 33.9 Å². The van der Waals surface area contributed by atoms with E-state index in [2.05, 4.69) is 0 Å². The third-order valence-corrected chi connectivity index (χ3v) is 4.21. The van der Waals surface area contributed by atoms with Gasteiger partial charge in [0.25, 0.3) is 18.0 Å². The Balaban J connectivity index is 2.16. The standard InChI is InChI=1S/C15H20F2N4O3/c1-2-10-8-20(6-5-19(10)9-14(16)17)15(22)12-7-11(21(23)24)3-4-13(12)18/h3-4,7,10,14H,2,5-6,8-9,18H2,1H3. The van der Waals surface area contributed by atoms with E-state index in [1.54, 1.807) is 4.90 Å². The number of carbonyl (C=O) groups is 1. The average Bonchev–Trinajstić information content (AvgIpc) is 2.54. The molecule has 132 valence electrons. The predicted octanol–water partition coefficient (Wildman–Crippen LogP) is 1.98. The summed E-state index contributed by atoms with van der Waals surface area (Å²) in [6.45, 7) is 2.47. The van der Waals surface area contributed by atoms with E-state index in [1.165, 1.54) is 17.0 Å². The van der Waals surface area contributed by atoms with E-state index >= 15 is 0 Å². The fraction of sp³-hybridized carbons (Fsp3) is 0.533. The maximum absolute atomic E-state index is 12.6. The molecule has 2 rings (SSSR count). The van der Waals surface area contributed by atoms with Crippen LogP contribution in [0.3, 0.4) is 0 Å². The van der Waals surface area contributed by atoms with Gasteiger partial charge in [-0.05, 0) is 12.5 Å². The van der Waals surface area contributed by atoms with Gasteiger partial charge in [-0.25, -0.2) is 8.78 Å². The molecule has 2 N–H and O–H groups in total. The zero-order valence-corrected chi connectivity index (χ0v) is 13.3. The van der Waals surface area contributed by atoms with Gasteiger partial charge < -0.3 is 10.6 Å². The van der Waals surface area contributed by atoms with Crippen LogP contribution in [0.25, 0.3) is 0 Å². The molecule has 1 fully saturated rings. The molecule has 1 saturated heterocycles. The van der Waals surface area contributed by atoms with Gasteiger partial charge in [0.2, 0.25) is 0 Å². The van der Waals surface area contributed by atoms with Crippen molar-refractivity contribution in [1.29, 1.82) is 0 Å². The molecule has 1 amide bonds. The summed E-state index contributed by atoms with van der Waals surface area (Å²) in [5, 5.41) is 10.9. The molecular formula is C15H20F2N4O3. The third-order valence-electron chi connectivity index (χ3n) is 4.21. The van der Waals surface area contributed by atoms with Crippen molar-refractivity contribution in [3.63, 3.8) is 0 Å². The summed E-state index contributed by atoms with van der Waals surface area (Å²) < 4.78 is 25.2. The zero-order chi connectivity index (χ0) is 17.9. The molecule has 1 aromatic rings. The number of nitrogen functional groups attached to an aromatic ring is 1. The Hall–Kier alpha value is -2.29. The molecule has 0 spiro atoms. The minimum atomic E-state index is -2.42. The van der Waals surface area contributed by atoms with Crippen molar-refractivity contribution in [3.8, 4) is 0 Å². The molecule has 1 heterocycles. The summed E-state index contributed by atoms with van der Waals surface area (Å²) in [5.74, 6) is -0.411. The molecule has 1 aromatic carbocycles. The quantitative estimate of drug-likeness (QED) is 0.502. The molecule has 0 bridgehead atoms. The number of rotatable bonds is 5. The number of hydrogen-bond donors (Lipinski definition) is 1. The topological polar surface area (TPSA) is 92.7 Å². The van der Waals surface area contributed by atoms with Crippen molar-refractivity contribution in [2.45, 2.75) is 25.8 Å². The predicted molar refractivity (Wildman–Crippen MR) is 85.1 cm³/mol. The number of benzene rings is 1. The Morgan fingerprint density at radius 3 is 2.75 bits per heavy atom. The number of nitro groups is 1. The fourth-order valence-corrected chi connectivity index (χ4v) is 2.90. The number of nitrogens with two attached hydrogens (primary N) is 1. The van der Waals surface area contributed by atoms with Gasteiger partial charge in [-0.15, -0.1) is 0 Å². The molecule has 24 heavy (non-hydrogen) atoms. The van der Waals surface area contributed by atoms with E-state index in [0.29, 0.717) is 19.5 Å². The highest BCUT2D eigenvalue weighted by atomic mass is 19.3. The third kappa shape index (κ3) is 3.97. The van der Waals surface area contributed by atoms with Gasteiger partial charge in [0.05, 0.1) is 17.0 Å². The summed E-state index contributed by atoms with van der Waals surface area (Å²) >= 11 is 0. The Kier molecular flexibility index (Phi) is 5.66. The zero-order valence-electron chi connectivity index (χ0n) is 13.3. The second-order valence-corrected chi connectivity index (χ2v) is 5.73. The van der Waals surface area contributed by atoms with Crippen LogP contribution < -0.4 is 5.73 Å². The van der Waals surface area contributed by atoms with Crippen molar-refractivity contribution in [2.75, 3.05) is 31.9 Å². The second-order valence-electron chi connectivity index (χ2n) is 5.73. The van der Waals surface area contributed by atoms with Crippen molar-refractivity contribution in [2.24, 2.45) is 0 Å². The first-order valence-corrected chi connectivity index (χ1v) is 7.68. The molecule has 1 unspecified atom stereocenters. The minimum Gasteiger partial charge on any atom is -0.398 e. The van der Waals surface area contributed by atoms with Crippen LogP contribution in [0.5, 0.6) is 0 Å². The minimum absolute atomic E-state index is 0.0707. The van der Waals surface area contributed by atoms with Crippen molar-refractivity contribution < 1.29 is 18.5 Å². The number of carbonyl (C=O) groups excluding carboxylic acids is 1. The van der Waals surface area contributed by atoms with Gasteiger partial charge in [-0.3, -0.25) is 19.8 Å². The average molecular weight is 342 g/mol. The Bertz CT molecular complexity index is 627. The normalized spacial score (nSPS) is 18.8. The molecular weight excluding hydrogens is 322 g/mol. The maximum Gasteiger partial charge on any atom is 0.270 e. The maximum atomic E-state index is 12.6. The molecule has 0 saturated carbocycles. The second kappa shape index (κ2) is 7.52. The van der Waals surface area contributed by atoms with Crippen LogP contribution in [0.15, 0.2) is 18.2 Å². The number of non-ortho nitro benzene ring substituents is 1. The van der Waals surface area contributed by atoms with Crippen LogP contribution in [0.4, 0.5) is 20.2 Å². The summed E-state index contributed by atoms with van der Waals surface area (Å²) in [5.41, 5.74) is 5.80. The monoisotopic (exact) mass is 342 g/mol. The molecule has 9 heteroatoms. The first-order chi connectivity index (χ1) is 11.3. The Morgan fingerprint density at radius 2 is 2.17 bits per heavy atom. The van der Waals surface area contributed by atoms with E-state index in [0.717, 1.165) is 6.07 Å². The van der Waals surface area contributed by atoms with Gasteiger partial charge in [0.1, 0.15) is 0 Å². The molecule has 1 aliphatic heterocycles. The largest absolute Gasteiger partial charge is 0.398 e. The lowest BCUT2D eigenvalue weighted by Crippen LogP contribution is -2.55. The highest BCUT2D eigenvalue weighted by molar-refractivity contribution is 5.99. The van der Waals surface area contributed by atoms with Crippen LogP contribution in [0.2, 0.25) is 0 Å². The van der Waals surface area contributed by atoms with Crippen LogP contribution in [0, 0.1) is 10.1 Å². The van der Waals surface area contributed by atoms with E-state index in [1.807, 2.05) is 6.92 Å². The highest BCUT2D eigenvalue weighted by Gasteiger charge is 2.31. The number of hydrogen-bond acceptors (Lipinski definition) is 5. The lowest BCUT2D eigenvalue weighted by Gasteiger charge is -2.41. The Morgan fingerprint density at radius 1 is 1.46 bits per heavy atom. The lowest BCUT2D eigenvalue weighted by molar-refractivity contribution is -0.384. The van der Waals surface area contributed by atoms with E-state index in [4.69, 9.17) is 5.73 Å². The number of amides is 1. The number of anilines is 1. The molecule has 1 atom stereocenters. The van der Waals surface area contributed by atoms with Crippen LogP contribution >= 0.6 is 0 Å². The van der Waals surface area contributed by atoms with Gasteiger partial charge in [0.15, 0.2) is 0 Å².